The highest BCUT2D eigenvalue weighted by atomic mass is 32.2. The summed E-state index contributed by atoms with van der Waals surface area (Å²) >= 11 is 3.89. The molecule has 2 aromatic rings. The van der Waals surface area contributed by atoms with Crippen molar-refractivity contribution in [2.75, 3.05) is 0 Å². The molecule has 0 spiro atoms. The summed E-state index contributed by atoms with van der Waals surface area (Å²) in [6, 6.07) is 4.19. The lowest BCUT2D eigenvalue weighted by atomic mass is 10.3. The molecule has 7 heteroatoms. The fraction of sp³-hybridized carbons (Fsp3) is 0. The lowest BCUT2D eigenvalue weighted by molar-refractivity contribution is 0.492. The summed E-state index contributed by atoms with van der Waals surface area (Å²) < 4.78 is 27.0. The molecule has 0 aliphatic carbocycles. The van der Waals surface area contributed by atoms with Crippen LogP contribution in [0.1, 0.15) is 0 Å². The molecule has 0 bridgehead atoms. The average Bonchev–Trinajstić information content (AvgIpc) is 2.41. The molecule has 1 aromatic heterocycles. The Morgan fingerprint density at radius 2 is 2.14 bits per heavy atom. The van der Waals surface area contributed by atoms with Gasteiger partial charge in [-0.25, -0.2) is 18.5 Å². The zero-order chi connectivity index (χ0) is 10.3. The van der Waals surface area contributed by atoms with E-state index >= 15 is 0 Å². The standard InChI is InChI=1S/C7H6N2O3S2/c8-14(10,11)4-1-2-6-5(3-4)9-7(13)12-6/h1-3H,(H,9,13)(H2,8,10,11). The fourth-order valence-corrected chi connectivity index (χ4v) is 1.81. The van der Waals surface area contributed by atoms with Gasteiger partial charge < -0.3 is 4.42 Å². The summed E-state index contributed by atoms with van der Waals surface area (Å²) in [4.78, 5) is 3.87. The molecule has 0 fully saturated rings. The van der Waals surface area contributed by atoms with Crippen LogP contribution in [0, 0.1) is 0 Å². The van der Waals surface area contributed by atoms with Gasteiger partial charge in [-0.05, 0) is 18.2 Å². The average molecular weight is 230 g/mol. The fourth-order valence-electron chi connectivity index (χ4n) is 1.07. The number of nitrogens with two attached hydrogens (primary N) is 1. The second-order valence-corrected chi connectivity index (χ2v) is 4.61. The molecule has 14 heavy (non-hydrogen) atoms. The first-order valence-corrected chi connectivity index (χ1v) is 5.58. The van der Waals surface area contributed by atoms with Crippen LogP contribution in [0.15, 0.2) is 32.7 Å². The molecule has 1 aromatic carbocycles. The third-order valence-corrected chi connectivity index (χ3v) is 2.78. The zero-order valence-electron chi connectivity index (χ0n) is 6.84. The highest BCUT2D eigenvalue weighted by molar-refractivity contribution is 7.89. The van der Waals surface area contributed by atoms with E-state index < -0.39 is 10.0 Å². The van der Waals surface area contributed by atoms with Crippen LogP contribution in [0.3, 0.4) is 0 Å². The van der Waals surface area contributed by atoms with Crippen LogP contribution < -0.4 is 5.14 Å². The predicted molar refractivity (Wildman–Crippen MR) is 52.6 cm³/mol. The third-order valence-electron chi connectivity index (χ3n) is 1.68. The summed E-state index contributed by atoms with van der Waals surface area (Å²) in [5, 5.41) is 5.14. The minimum atomic E-state index is -3.69. The molecule has 0 saturated heterocycles. The van der Waals surface area contributed by atoms with Gasteiger partial charge in [-0.1, -0.05) is 12.6 Å². The highest BCUT2D eigenvalue weighted by Gasteiger charge is 2.10. The quantitative estimate of drug-likeness (QED) is 0.708. The van der Waals surface area contributed by atoms with E-state index in [0.29, 0.717) is 11.1 Å². The Labute approximate surface area is 85.4 Å². The number of primary sulfonamides is 1. The summed E-state index contributed by atoms with van der Waals surface area (Å²) in [6.45, 7) is 0. The molecule has 0 aliphatic heterocycles. The number of fused-ring (bicyclic) bond motifs is 1. The van der Waals surface area contributed by atoms with Gasteiger partial charge in [0.25, 0.3) is 5.22 Å². The zero-order valence-corrected chi connectivity index (χ0v) is 8.55. The number of rotatable bonds is 1. The third kappa shape index (κ3) is 1.61. The van der Waals surface area contributed by atoms with E-state index in [9.17, 15) is 8.42 Å². The van der Waals surface area contributed by atoms with Crippen LogP contribution in [0.4, 0.5) is 0 Å². The van der Waals surface area contributed by atoms with E-state index in [1.807, 2.05) is 0 Å². The van der Waals surface area contributed by atoms with Crippen LogP contribution in [-0.4, -0.2) is 13.4 Å². The molecule has 0 radical (unpaired) electrons. The van der Waals surface area contributed by atoms with Crippen molar-refractivity contribution >= 4 is 33.8 Å². The number of aromatic nitrogens is 1. The minimum absolute atomic E-state index is 0.00614. The smallest absolute Gasteiger partial charge is 0.253 e. The number of sulfonamides is 1. The van der Waals surface area contributed by atoms with E-state index in [1.165, 1.54) is 18.2 Å². The predicted octanol–water partition coefficient (Wildman–Crippen LogP) is 0.764. The molecule has 0 unspecified atom stereocenters. The van der Waals surface area contributed by atoms with Crippen molar-refractivity contribution in [1.82, 2.24) is 4.98 Å². The molecular weight excluding hydrogens is 224 g/mol. The summed E-state index contributed by atoms with van der Waals surface area (Å²) in [5.74, 6) is 0. The number of benzene rings is 1. The van der Waals surface area contributed by atoms with Crippen LogP contribution in [0.5, 0.6) is 0 Å². The Morgan fingerprint density at radius 1 is 1.43 bits per heavy atom. The monoisotopic (exact) mass is 230 g/mol. The van der Waals surface area contributed by atoms with Crippen LogP contribution in [0.25, 0.3) is 11.1 Å². The van der Waals surface area contributed by atoms with Gasteiger partial charge in [0.1, 0.15) is 5.52 Å². The second-order valence-electron chi connectivity index (χ2n) is 2.67. The lowest BCUT2D eigenvalue weighted by Crippen LogP contribution is -2.11. The normalized spacial score (nSPS) is 12.1. The van der Waals surface area contributed by atoms with Crippen LogP contribution >= 0.6 is 12.6 Å². The van der Waals surface area contributed by atoms with Gasteiger partial charge in [0, 0.05) is 0 Å². The lowest BCUT2D eigenvalue weighted by Gasteiger charge is -1.95. The molecule has 5 nitrogen and oxygen atoms in total. The van der Waals surface area contributed by atoms with Gasteiger partial charge >= 0.3 is 0 Å². The largest absolute Gasteiger partial charge is 0.432 e. The first-order chi connectivity index (χ1) is 6.47. The van der Waals surface area contributed by atoms with E-state index in [0.717, 1.165) is 0 Å². The van der Waals surface area contributed by atoms with Crippen molar-refractivity contribution in [3.05, 3.63) is 18.2 Å². The van der Waals surface area contributed by atoms with Gasteiger partial charge in [0.05, 0.1) is 4.90 Å². The Balaban J connectivity index is 2.74. The minimum Gasteiger partial charge on any atom is -0.432 e. The van der Waals surface area contributed by atoms with E-state index in [-0.39, 0.29) is 10.1 Å². The first-order valence-electron chi connectivity index (χ1n) is 3.59. The van der Waals surface area contributed by atoms with Crippen LogP contribution in [-0.2, 0) is 10.0 Å². The molecule has 0 amide bonds. The first kappa shape index (κ1) is 9.50. The molecule has 0 atom stereocenters. The van der Waals surface area contributed by atoms with Crippen molar-refractivity contribution in [2.45, 2.75) is 10.1 Å². The van der Waals surface area contributed by atoms with Crippen LogP contribution in [0.2, 0.25) is 0 Å². The van der Waals surface area contributed by atoms with Gasteiger partial charge in [0.15, 0.2) is 5.58 Å². The number of hydrogen-bond donors (Lipinski definition) is 2. The summed E-state index contributed by atoms with van der Waals surface area (Å²) in [7, 11) is -3.69. The maximum atomic E-state index is 11.0. The van der Waals surface area contributed by atoms with E-state index in [4.69, 9.17) is 9.56 Å². The summed E-state index contributed by atoms with van der Waals surface area (Å²) in [6.07, 6.45) is 0. The SMILES string of the molecule is NS(=O)(=O)c1ccc2oc(S)nc2c1. The van der Waals surface area contributed by atoms with E-state index in [1.54, 1.807) is 0 Å². The molecule has 0 aliphatic rings. The number of thiol groups is 1. The van der Waals surface area contributed by atoms with Crippen molar-refractivity contribution < 1.29 is 12.8 Å². The molecule has 0 saturated carbocycles. The van der Waals surface area contributed by atoms with Crippen molar-refractivity contribution in [3.63, 3.8) is 0 Å². The Kier molecular flexibility index (Phi) is 2.02. The summed E-state index contributed by atoms with van der Waals surface area (Å²) in [5.41, 5.74) is 0.893. The molecule has 74 valence electrons. The second kappa shape index (κ2) is 2.97. The van der Waals surface area contributed by atoms with Crippen molar-refractivity contribution in [3.8, 4) is 0 Å². The topological polar surface area (TPSA) is 86.2 Å². The number of hydrogen-bond acceptors (Lipinski definition) is 5. The molecule has 1 heterocycles. The Bertz CT molecular complexity index is 588. The van der Waals surface area contributed by atoms with Gasteiger partial charge in [-0.15, -0.1) is 0 Å². The van der Waals surface area contributed by atoms with Gasteiger partial charge in [-0.2, -0.15) is 0 Å². The molecular formula is C7H6N2O3S2. The Hall–Kier alpha value is -1.05. The molecule has 2 rings (SSSR count). The van der Waals surface area contributed by atoms with Crippen molar-refractivity contribution in [1.29, 1.82) is 0 Å². The van der Waals surface area contributed by atoms with Gasteiger partial charge in [-0.3, -0.25) is 0 Å². The number of nitrogens with zero attached hydrogens (tertiary/aromatic N) is 1. The maximum absolute atomic E-state index is 11.0. The molecule has 2 N–H and O–H groups in total. The Morgan fingerprint density at radius 3 is 2.79 bits per heavy atom. The van der Waals surface area contributed by atoms with Gasteiger partial charge in [0.2, 0.25) is 10.0 Å². The maximum Gasteiger partial charge on any atom is 0.253 e. The van der Waals surface area contributed by atoms with E-state index in [2.05, 4.69) is 17.6 Å². The van der Waals surface area contributed by atoms with Crippen molar-refractivity contribution in [2.24, 2.45) is 5.14 Å². The highest BCUT2D eigenvalue weighted by Crippen LogP contribution is 2.20. The number of oxazole rings is 1.